The van der Waals surface area contributed by atoms with E-state index >= 15 is 0 Å². The minimum Gasteiger partial charge on any atom is -0.493 e. The molecule has 0 atom stereocenters. The van der Waals surface area contributed by atoms with Crippen molar-refractivity contribution in [3.63, 3.8) is 0 Å². The summed E-state index contributed by atoms with van der Waals surface area (Å²) >= 11 is 4.03. The van der Waals surface area contributed by atoms with Crippen molar-refractivity contribution in [2.75, 3.05) is 11.9 Å². The Labute approximate surface area is 180 Å². The fraction of sp³-hybridized carbons (Fsp3) is 0.158. The summed E-state index contributed by atoms with van der Waals surface area (Å²) in [5.41, 5.74) is 0.720. The maximum atomic E-state index is 12.3. The number of carboxylic acids is 1. The number of carboxylic acid groups (broad SMARTS) is 1. The number of hydrogen-bond donors (Lipinski definition) is 2. The molecule has 0 saturated heterocycles. The fourth-order valence-corrected chi connectivity index (χ4v) is 3.67. The standard InChI is InChI=1S/C19H13BrF3NO5S/c20-15-6-5-13(29-15)17(25)24-12-9-14(30-16(12)18(26)27)10-1-3-11(4-2-10)28-8-7-19(21,22)23/h1-6,9H,7-8H2,(H,24,25)(H,26,27). The number of carbonyl (C=O) groups excluding carboxylic acids is 1. The minimum atomic E-state index is -4.29. The zero-order chi connectivity index (χ0) is 21.9. The molecule has 0 fully saturated rings. The third-order valence-corrected chi connectivity index (χ3v) is 5.36. The predicted octanol–water partition coefficient (Wildman–Crippen LogP) is 6.05. The van der Waals surface area contributed by atoms with Gasteiger partial charge in [-0.05, 0) is 64.0 Å². The number of anilines is 1. The first-order valence-electron chi connectivity index (χ1n) is 8.36. The van der Waals surface area contributed by atoms with Crippen molar-refractivity contribution in [2.45, 2.75) is 12.6 Å². The van der Waals surface area contributed by atoms with E-state index in [1.165, 1.54) is 30.3 Å². The van der Waals surface area contributed by atoms with Gasteiger partial charge >= 0.3 is 12.1 Å². The number of hydrogen-bond acceptors (Lipinski definition) is 5. The number of furan rings is 1. The molecule has 30 heavy (non-hydrogen) atoms. The van der Waals surface area contributed by atoms with Crippen molar-refractivity contribution < 1.29 is 37.0 Å². The summed E-state index contributed by atoms with van der Waals surface area (Å²) in [6.45, 7) is -0.496. The van der Waals surface area contributed by atoms with Crippen LogP contribution in [0.5, 0.6) is 5.75 Å². The highest BCUT2D eigenvalue weighted by Gasteiger charge is 2.26. The SMILES string of the molecule is O=C(Nc1cc(-c2ccc(OCCC(F)(F)F)cc2)sc1C(=O)O)c1ccc(Br)o1. The number of benzene rings is 1. The Morgan fingerprint density at radius 3 is 2.43 bits per heavy atom. The van der Waals surface area contributed by atoms with E-state index in [1.807, 2.05) is 0 Å². The summed E-state index contributed by atoms with van der Waals surface area (Å²) in [5.74, 6) is -1.56. The monoisotopic (exact) mass is 503 g/mol. The van der Waals surface area contributed by atoms with Gasteiger partial charge in [0.05, 0.1) is 18.7 Å². The number of alkyl halides is 3. The van der Waals surface area contributed by atoms with Gasteiger partial charge in [0.1, 0.15) is 10.6 Å². The van der Waals surface area contributed by atoms with Gasteiger partial charge in [0.25, 0.3) is 5.91 Å². The van der Waals surface area contributed by atoms with Gasteiger partial charge in [-0.25, -0.2) is 4.79 Å². The van der Waals surface area contributed by atoms with Crippen molar-refractivity contribution >= 4 is 44.8 Å². The molecule has 11 heteroatoms. The number of ether oxygens (including phenoxy) is 1. The molecule has 3 aromatic rings. The van der Waals surface area contributed by atoms with Crippen LogP contribution in [-0.4, -0.2) is 29.8 Å². The van der Waals surface area contributed by atoms with Crippen LogP contribution in [-0.2, 0) is 0 Å². The summed E-state index contributed by atoms with van der Waals surface area (Å²) in [6, 6.07) is 10.6. The molecule has 2 heterocycles. The van der Waals surface area contributed by atoms with Gasteiger partial charge < -0.3 is 19.6 Å². The molecule has 3 rings (SSSR count). The molecule has 0 spiro atoms. The predicted molar refractivity (Wildman–Crippen MR) is 107 cm³/mol. The quantitative estimate of drug-likeness (QED) is 0.409. The largest absolute Gasteiger partial charge is 0.493 e. The molecule has 1 amide bonds. The molecule has 0 aliphatic heterocycles. The fourth-order valence-electron chi connectivity index (χ4n) is 2.41. The lowest BCUT2D eigenvalue weighted by atomic mass is 10.2. The molecular weight excluding hydrogens is 491 g/mol. The van der Waals surface area contributed by atoms with Crippen LogP contribution in [0.3, 0.4) is 0 Å². The highest BCUT2D eigenvalue weighted by Crippen LogP contribution is 2.36. The first-order valence-corrected chi connectivity index (χ1v) is 9.97. The first-order chi connectivity index (χ1) is 14.1. The topological polar surface area (TPSA) is 88.8 Å². The third kappa shape index (κ3) is 5.63. The Morgan fingerprint density at radius 2 is 1.87 bits per heavy atom. The Kier molecular flexibility index (Phi) is 6.52. The normalized spacial score (nSPS) is 11.3. The van der Waals surface area contributed by atoms with E-state index in [2.05, 4.69) is 21.2 Å². The lowest BCUT2D eigenvalue weighted by Gasteiger charge is -2.08. The molecule has 2 N–H and O–H groups in total. The number of nitrogens with one attached hydrogen (secondary N) is 1. The van der Waals surface area contributed by atoms with Crippen LogP contribution in [0.2, 0.25) is 0 Å². The molecule has 0 radical (unpaired) electrons. The van der Waals surface area contributed by atoms with Crippen LogP contribution in [0.15, 0.2) is 51.6 Å². The molecule has 0 bridgehead atoms. The van der Waals surface area contributed by atoms with Crippen LogP contribution in [0.25, 0.3) is 10.4 Å². The average molecular weight is 504 g/mol. The summed E-state index contributed by atoms with van der Waals surface area (Å²) < 4.78 is 47.1. The molecule has 0 aliphatic rings. The molecule has 0 aliphatic carbocycles. The Hall–Kier alpha value is -2.79. The smallest absolute Gasteiger partial charge is 0.392 e. The zero-order valence-corrected chi connectivity index (χ0v) is 17.4. The number of aromatic carboxylic acids is 1. The van der Waals surface area contributed by atoms with Crippen molar-refractivity contribution in [1.29, 1.82) is 0 Å². The first kappa shape index (κ1) is 21.9. The van der Waals surface area contributed by atoms with Crippen LogP contribution < -0.4 is 10.1 Å². The van der Waals surface area contributed by atoms with E-state index in [-0.39, 0.29) is 22.1 Å². The molecule has 1 aromatic carbocycles. The zero-order valence-electron chi connectivity index (χ0n) is 15.0. The Bertz CT molecular complexity index is 1060. The van der Waals surface area contributed by atoms with E-state index in [0.717, 1.165) is 11.3 Å². The van der Waals surface area contributed by atoms with Crippen LogP contribution in [0.4, 0.5) is 18.9 Å². The average Bonchev–Trinajstić information content (AvgIpc) is 3.28. The van der Waals surface area contributed by atoms with Gasteiger partial charge in [-0.1, -0.05) is 0 Å². The highest BCUT2D eigenvalue weighted by atomic mass is 79.9. The van der Waals surface area contributed by atoms with Crippen LogP contribution in [0, 0.1) is 0 Å². The summed E-state index contributed by atoms with van der Waals surface area (Å²) in [6.07, 6.45) is -5.35. The van der Waals surface area contributed by atoms with Crippen molar-refractivity contribution in [3.05, 3.63) is 57.8 Å². The number of carbonyl (C=O) groups is 2. The van der Waals surface area contributed by atoms with E-state index in [9.17, 15) is 27.9 Å². The van der Waals surface area contributed by atoms with Crippen molar-refractivity contribution in [3.8, 4) is 16.2 Å². The van der Waals surface area contributed by atoms with E-state index in [4.69, 9.17) is 9.15 Å². The molecule has 0 unspecified atom stereocenters. The van der Waals surface area contributed by atoms with Gasteiger partial charge in [-0.2, -0.15) is 13.2 Å². The van der Waals surface area contributed by atoms with E-state index < -0.39 is 31.1 Å². The molecule has 0 saturated carbocycles. The lowest BCUT2D eigenvalue weighted by Crippen LogP contribution is -2.12. The second kappa shape index (κ2) is 8.92. The summed E-state index contributed by atoms with van der Waals surface area (Å²) in [7, 11) is 0. The van der Waals surface area contributed by atoms with Gasteiger partial charge in [0.15, 0.2) is 10.4 Å². The van der Waals surface area contributed by atoms with Gasteiger partial charge in [0, 0.05) is 4.88 Å². The Balaban J connectivity index is 1.75. The van der Waals surface area contributed by atoms with Gasteiger partial charge in [-0.15, -0.1) is 11.3 Å². The third-order valence-electron chi connectivity index (χ3n) is 3.76. The second-order valence-corrected chi connectivity index (χ2v) is 7.79. The van der Waals surface area contributed by atoms with Crippen LogP contribution >= 0.6 is 27.3 Å². The van der Waals surface area contributed by atoms with Gasteiger partial charge in [0.2, 0.25) is 0 Å². The summed E-state index contributed by atoms with van der Waals surface area (Å²) in [4.78, 5) is 24.3. The minimum absolute atomic E-state index is 0.00585. The highest BCUT2D eigenvalue weighted by molar-refractivity contribution is 9.10. The number of thiophene rings is 1. The number of amides is 1. The van der Waals surface area contributed by atoms with Crippen LogP contribution in [0.1, 0.15) is 26.6 Å². The van der Waals surface area contributed by atoms with E-state index in [0.29, 0.717) is 15.1 Å². The molecule has 158 valence electrons. The van der Waals surface area contributed by atoms with E-state index in [1.54, 1.807) is 12.1 Å². The Morgan fingerprint density at radius 1 is 1.17 bits per heavy atom. The maximum absolute atomic E-state index is 12.3. The maximum Gasteiger partial charge on any atom is 0.392 e. The lowest BCUT2D eigenvalue weighted by molar-refractivity contribution is -0.139. The number of rotatable bonds is 7. The molecule has 6 nitrogen and oxygen atoms in total. The number of halogens is 4. The molecular formula is C19H13BrF3NO5S. The molecule has 2 aromatic heterocycles. The van der Waals surface area contributed by atoms with Crippen molar-refractivity contribution in [2.24, 2.45) is 0 Å². The summed E-state index contributed by atoms with van der Waals surface area (Å²) in [5, 5.41) is 11.9. The van der Waals surface area contributed by atoms with Crippen molar-refractivity contribution in [1.82, 2.24) is 0 Å². The second-order valence-electron chi connectivity index (χ2n) is 5.95. The van der Waals surface area contributed by atoms with Gasteiger partial charge in [-0.3, -0.25) is 4.79 Å².